The van der Waals surface area contributed by atoms with E-state index in [4.69, 9.17) is 4.74 Å². The minimum absolute atomic E-state index is 0.227. The van der Waals surface area contributed by atoms with Crippen molar-refractivity contribution in [3.8, 4) is 5.75 Å². The second-order valence-electron chi connectivity index (χ2n) is 7.42. The van der Waals surface area contributed by atoms with Crippen LogP contribution in [0.3, 0.4) is 0 Å². The highest BCUT2D eigenvalue weighted by Gasteiger charge is 2.18. The lowest BCUT2D eigenvalue weighted by atomic mass is 9.97. The molecule has 0 unspecified atom stereocenters. The van der Waals surface area contributed by atoms with Crippen LogP contribution in [0.5, 0.6) is 5.75 Å². The van der Waals surface area contributed by atoms with E-state index in [9.17, 15) is 9.90 Å². The van der Waals surface area contributed by atoms with Crippen LogP contribution in [-0.4, -0.2) is 11.1 Å². The number of carboxylic acids is 1. The van der Waals surface area contributed by atoms with Crippen LogP contribution in [0.1, 0.15) is 47.2 Å². The number of benzene rings is 3. The zero-order chi connectivity index (χ0) is 18.6. The van der Waals surface area contributed by atoms with Crippen molar-refractivity contribution < 1.29 is 14.6 Å². The molecule has 138 valence electrons. The van der Waals surface area contributed by atoms with Gasteiger partial charge in [0.25, 0.3) is 0 Å². The minimum Gasteiger partial charge on any atom is -0.488 e. The van der Waals surface area contributed by atoms with Gasteiger partial charge in [0.2, 0.25) is 0 Å². The first-order valence-corrected chi connectivity index (χ1v) is 9.66. The lowest BCUT2D eigenvalue weighted by Gasteiger charge is -2.14. The minimum atomic E-state index is -0.949. The summed E-state index contributed by atoms with van der Waals surface area (Å²) in [6.45, 7) is 0.356. The molecule has 1 N–H and O–H groups in total. The highest BCUT2D eigenvalue weighted by molar-refractivity contribution is 5.91. The summed E-state index contributed by atoms with van der Waals surface area (Å²) in [6, 6.07) is 19.8. The Morgan fingerprint density at radius 3 is 2.59 bits per heavy atom. The molecule has 0 aromatic heterocycles. The number of carbonyl (C=O) groups is 1. The highest BCUT2D eigenvalue weighted by Crippen LogP contribution is 2.30. The standard InChI is InChI=1S/C24H24O3/c25-24(26)22-13-12-18(14-17-6-1-2-7-17)15-23(22)27-16-20-10-5-9-19-8-3-4-11-21(19)20/h3-5,8-13,15,17H,1-2,6-7,14,16H2,(H,25,26). The summed E-state index contributed by atoms with van der Waals surface area (Å²) in [5.74, 6) is 0.230. The van der Waals surface area contributed by atoms with Crippen molar-refractivity contribution in [1.82, 2.24) is 0 Å². The van der Waals surface area contributed by atoms with Crippen molar-refractivity contribution in [3.63, 3.8) is 0 Å². The van der Waals surface area contributed by atoms with E-state index in [0.29, 0.717) is 18.3 Å². The molecule has 0 amide bonds. The number of aromatic carboxylic acids is 1. The summed E-state index contributed by atoms with van der Waals surface area (Å²) < 4.78 is 6.02. The molecule has 3 heteroatoms. The normalized spacial score (nSPS) is 14.5. The molecule has 1 fully saturated rings. The van der Waals surface area contributed by atoms with Gasteiger partial charge >= 0.3 is 5.97 Å². The lowest BCUT2D eigenvalue weighted by molar-refractivity contribution is 0.0691. The van der Waals surface area contributed by atoms with Crippen LogP contribution >= 0.6 is 0 Å². The molecular weight excluding hydrogens is 336 g/mol. The molecule has 1 aliphatic carbocycles. The number of hydrogen-bond donors (Lipinski definition) is 1. The monoisotopic (exact) mass is 360 g/mol. The molecule has 0 spiro atoms. The second-order valence-corrected chi connectivity index (χ2v) is 7.42. The highest BCUT2D eigenvalue weighted by atomic mass is 16.5. The Balaban J connectivity index is 1.58. The van der Waals surface area contributed by atoms with Crippen LogP contribution in [0, 0.1) is 5.92 Å². The number of carboxylic acid groups (broad SMARTS) is 1. The van der Waals surface area contributed by atoms with E-state index in [1.165, 1.54) is 31.2 Å². The maximum absolute atomic E-state index is 11.6. The van der Waals surface area contributed by atoms with Crippen LogP contribution in [-0.2, 0) is 13.0 Å². The van der Waals surface area contributed by atoms with Crippen molar-refractivity contribution in [2.75, 3.05) is 0 Å². The van der Waals surface area contributed by atoms with Gasteiger partial charge in [0.15, 0.2) is 0 Å². The van der Waals surface area contributed by atoms with Crippen molar-refractivity contribution >= 4 is 16.7 Å². The van der Waals surface area contributed by atoms with Gasteiger partial charge < -0.3 is 9.84 Å². The Morgan fingerprint density at radius 2 is 1.78 bits per heavy atom. The fourth-order valence-electron chi connectivity index (χ4n) is 4.11. The molecule has 0 heterocycles. The van der Waals surface area contributed by atoms with Crippen LogP contribution in [0.2, 0.25) is 0 Å². The van der Waals surface area contributed by atoms with E-state index in [0.717, 1.165) is 22.8 Å². The molecule has 1 saturated carbocycles. The molecule has 0 radical (unpaired) electrons. The van der Waals surface area contributed by atoms with Gasteiger partial charge in [-0.25, -0.2) is 4.79 Å². The molecule has 3 nitrogen and oxygen atoms in total. The molecule has 1 aliphatic rings. The summed E-state index contributed by atoms with van der Waals surface area (Å²) in [6.07, 6.45) is 6.16. The third-order valence-electron chi connectivity index (χ3n) is 5.54. The van der Waals surface area contributed by atoms with E-state index >= 15 is 0 Å². The van der Waals surface area contributed by atoms with Gasteiger partial charge in [-0.15, -0.1) is 0 Å². The smallest absolute Gasteiger partial charge is 0.339 e. The first-order chi connectivity index (χ1) is 13.2. The van der Waals surface area contributed by atoms with Crippen molar-refractivity contribution in [3.05, 3.63) is 77.4 Å². The predicted octanol–water partition coefficient (Wildman–Crippen LogP) is 5.85. The largest absolute Gasteiger partial charge is 0.488 e. The fourth-order valence-corrected chi connectivity index (χ4v) is 4.11. The van der Waals surface area contributed by atoms with Crippen LogP contribution in [0.15, 0.2) is 60.7 Å². The molecule has 0 saturated heterocycles. The topological polar surface area (TPSA) is 46.5 Å². The quantitative estimate of drug-likeness (QED) is 0.600. The Bertz CT molecular complexity index is 950. The van der Waals surface area contributed by atoms with E-state index in [1.807, 2.05) is 36.4 Å². The lowest BCUT2D eigenvalue weighted by Crippen LogP contribution is -2.06. The van der Waals surface area contributed by atoms with Gasteiger partial charge in [-0.1, -0.05) is 74.2 Å². The maximum atomic E-state index is 11.6. The molecule has 3 aromatic carbocycles. The average Bonchev–Trinajstić information content (AvgIpc) is 3.19. The second kappa shape index (κ2) is 7.83. The summed E-state index contributed by atoms with van der Waals surface area (Å²) in [7, 11) is 0. The van der Waals surface area contributed by atoms with Crippen LogP contribution in [0.25, 0.3) is 10.8 Å². The summed E-state index contributed by atoms with van der Waals surface area (Å²) in [5.41, 5.74) is 2.45. The van der Waals surface area contributed by atoms with Crippen molar-refractivity contribution in [1.29, 1.82) is 0 Å². The number of ether oxygens (including phenoxy) is 1. The molecular formula is C24H24O3. The van der Waals surface area contributed by atoms with Gasteiger partial charge in [0.1, 0.15) is 17.9 Å². The van der Waals surface area contributed by atoms with Gasteiger partial charge in [-0.3, -0.25) is 0 Å². The summed E-state index contributed by atoms with van der Waals surface area (Å²) in [4.78, 5) is 11.6. The molecule has 0 atom stereocenters. The third kappa shape index (κ3) is 3.97. The fraction of sp³-hybridized carbons (Fsp3) is 0.292. The van der Waals surface area contributed by atoms with E-state index < -0.39 is 5.97 Å². The Kier molecular flexibility index (Phi) is 5.10. The van der Waals surface area contributed by atoms with Crippen molar-refractivity contribution in [2.45, 2.75) is 38.7 Å². The van der Waals surface area contributed by atoms with E-state index in [1.54, 1.807) is 6.07 Å². The molecule has 4 rings (SSSR count). The SMILES string of the molecule is O=C(O)c1ccc(CC2CCCC2)cc1OCc1cccc2ccccc12. The van der Waals surface area contributed by atoms with Gasteiger partial charge in [0, 0.05) is 0 Å². The van der Waals surface area contributed by atoms with Gasteiger partial charge in [-0.2, -0.15) is 0 Å². The zero-order valence-electron chi connectivity index (χ0n) is 15.4. The van der Waals surface area contributed by atoms with Crippen LogP contribution < -0.4 is 4.74 Å². The predicted molar refractivity (Wildman–Crippen MR) is 107 cm³/mol. The number of rotatable bonds is 6. The Hall–Kier alpha value is -2.81. The average molecular weight is 360 g/mol. The van der Waals surface area contributed by atoms with E-state index in [2.05, 4.69) is 18.2 Å². The first kappa shape index (κ1) is 17.6. The van der Waals surface area contributed by atoms with Crippen LogP contribution in [0.4, 0.5) is 0 Å². The maximum Gasteiger partial charge on any atom is 0.339 e. The van der Waals surface area contributed by atoms with Crippen molar-refractivity contribution in [2.24, 2.45) is 5.92 Å². The number of fused-ring (bicyclic) bond motifs is 1. The first-order valence-electron chi connectivity index (χ1n) is 9.66. The number of hydrogen-bond acceptors (Lipinski definition) is 2. The third-order valence-corrected chi connectivity index (χ3v) is 5.54. The van der Waals surface area contributed by atoms with Gasteiger partial charge in [0.05, 0.1) is 0 Å². The Morgan fingerprint density at radius 1 is 1.00 bits per heavy atom. The summed E-state index contributed by atoms with van der Waals surface area (Å²) in [5, 5.41) is 11.8. The van der Waals surface area contributed by atoms with E-state index in [-0.39, 0.29) is 5.56 Å². The molecule has 0 bridgehead atoms. The summed E-state index contributed by atoms with van der Waals surface area (Å²) >= 11 is 0. The zero-order valence-corrected chi connectivity index (χ0v) is 15.4. The van der Waals surface area contributed by atoms with Gasteiger partial charge in [-0.05, 0) is 46.4 Å². The Labute approximate surface area is 159 Å². The molecule has 0 aliphatic heterocycles. The molecule has 27 heavy (non-hydrogen) atoms. The molecule has 3 aromatic rings.